The Kier molecular flexibility index (Phi) is 3.93. The number of aliphatic hydroxyl groups is 1. The van der Waals surface area contributed by atoms with Gasteiger partial charge in [0, 0.05) is 11.7 Å². The highest BCUT2D eigenvalue weighted by Gasteiger charge is 2.39. The van der Waals surface area contributed by atoms with Crippen LogP contribution in [-0.4, -0.2) is 41.2 Å². The Morgan fingerprint density at radius 2 is 2.33 bits per heavy atom. The predicted molar refractivity (Wildman–Crippen MR) is 61.0 cm³/mol. The van der Waals surface area contributed by atoms with Gasteiger partial charge in [0.15, 0.2) is 5.79 Å². The van der Waals surface area contributed by atoms with Crippen LogP contribution in [0.3, 0.4) is 0 Å². The molecule has 3 nitrogen and oxygen atoms in total. The Bertz CT molecular complexity index is 206. The van der Waals surface area contributed by atoms with Gasteiger partial charge in [0.1, 0.15) is 6.10 Å². The lowest BCUT2D eigenvalue weighted by atomic mass is 10.1. The molecule has 88 valence electrons. The van der Waals surface area contributed by atoms with Crippen molar-refractivity contribution in [3.63, 3.8) is 0 Å². The molecule has 3 atom stereocenters. The molecule has 0 saturated carbocycles. The second-order valence-electron chi connectivity index (χ2n) is 4.56. The fourth-order valence-electron chi connectivity index (χ4n) is 2.27. The molecule has 2 aliphatic rings. The second-order valence-corrected chi connectivity index (χ2v) is 5.97. The Morgan fingerprint density at radius 3 is 2.93 bits per heavy atom. The highest BCUT2D eigenvalue weighted by Crippen LogP contribution is 2.36. The first kappa shape index (κ1) is 11.7. The van der Waals surface area contributed by atoms with Gasteiger partial charge in [0.25, 0.3) is 0 Å². The summed E-state index contributed by atoms with van der Waals surface area (Å²) in [5.74, 6) is 0.812. The van der Waals surface area contributed by atoms with Crippen molar-refractivity contribution in [2.24, 2.45) is 0 Å². The molecule has 0 amide bonds. The second kappa shape index (κ2) is 5.04. The molecule has 2 rings (SSSR count). The molecule has 15 heavy (non-hydrogen) atoms. The van der Waals surface area contributed by atoms with E-state index < -0.39 is 5.79 Å². The van der Waals surface area contributed by atoms with E-state index in [0.717, 1.165) is 6.42 Å². The maximum absolute atomic E-state index is 8.99. The summed E-state index contributed by atoms with van der Waals surface area (Å²) < 4.78 is 11.4. The van der Waals surface area contributed by atoms with Crippen molar-refractivity contribution in [2.75, 3.05) is 19.0 Å². The van der Waals surface area contributed by atoms with Gasteiger partial charge in [-0.3, -0.25) is 0 Å². The maximum Gasteiger partial charge on any atom is 0.167 e. The molecule has 0 aliphatic carbocycles. The Hall–Kier alpha value is 0.230. The summed E-state index contributed by atoms with van der Waals surface area (Å²) in [5, 5.41) is 9.66. The Morgan fingerprint density at radius 1 is 1.47 bits per heavy atom. The van der Waals surface area contributed by atoms with E-state index in [1.807, 2.05) is 18.7 Å². The minimum absolute atomic E-state index is 0.0629. The monoisotopic (exact) mass is 232 g/mol. The first-order chi connectivity index (χ1) is 7.22. The van der Waals surface area contributed by atoms with Crippen LogP contribution in [0.5, 0.6) is 0 Å². The molecular weight excluding hydrogens is 212 g/mol. The third-order valence-corrected chi connectivity index (χ3v) is 4.46. The number of hydrogen-bond donors (Lipinski definition) is 1. The van der Waals surface area contributed by atoms with E-state index >= 15 is 0 Å². The van der Waals surface area contributed by atoms with Crippen LogP contribution in [0.25, 0.3) is 0 Å². The van der Waals surface area contributed by atoms with E-state index in [9.17, 15) is 0 Å². The van der Waals surface area contributed by atoms with Crippen LogP contribution in [0.15, 0.2) is 0 Å². The van der Waals surface area contributed by atoms with Gasteiger partial charge in [-0.25, -0.2) is 0 Å². The minimum Gasteiger partial charge on any atom is -0.394 e. The van der Waals surface area contributed by atoms with Gasteiger partial charge in [0.2, 0.25) is 0 Å². The molecule has 0 spiro atoms. The van der Waals surface area contributed by atoms with Crippen LogP contribution in [0.1, 0.15) is 32.6 Å². The fourth-order valence-corrected chi connectivity index (χ4v) is 3.73. The van der Waals surface area contributed by atoms with E-state index in [2.05, 4.69) is 0 Å². The normalized spacial score (nSPS) is 42.0. The molecule has 0 aromatic carbocycles. The molecular formula is C11H20O3S. The van der Waals surface area contributed by atoms with Crippen molar-refractivity contribution in [3.05, 3.63) is 0 Å². The molecule has 2 aliphatic heterocycles. The SMILES string of the molecule is CC1(CC2CCCCS2)OCC(CO)O1. The molecule has 2 heterocycles. The van der Waals surface area contributed by atoms with Crippen LogP contribution >= 0.6 is 11.8 Å². The average molecular weight is 232 g/mol. The van der Waals surface area contributed by atoms with Crippen molar-refractivity contribution in [2.45, 2.75) is 49.7 Å². The van der Waals surface area contributed by atoms with Crippen LogP contribution in [0.4, 0.5) is 0 Å². The molecule has 0 aromatic heterocycles. The van der Waals surface area contributed by atoms with Crippen molar-refractivity contribution in [1.29, 1.82) is 0 Å². The number of hydrogen-bond acceptors (Lipinski definition) is 4. The van der Waals surface area contributed by atoms with Gasteiger partial charge in [-0.1, -0.05) is 6.42 Å². The fraction of sp³-hybridized carbons (Fsp3) is 1.00. The van der Waals surface area contributed by atoms with Crippen LogP contribution in [0, 0.1) is 0 Å². The molecule has 1 N–H and O–H groups in total. The van der Waals surface area contributed by atoms with Gasteiger partial charge < -0.3 is 14.6 Å². The summed E-state index contributed by atoms with van der Waals surface area (Å²) in [6.45, 7) is 2.59. The van der Waals surface area contributed by atoms with Gasteiger partial charge in [-0.15, -0.1) is 0 Å². The van der Waals surface area contributed by atoms with E-state index in [0.29, 0.717) is 11.9 Å². The van der Waals surface area contributed by atoms with Crippen molar-refractivity contribution >= 4 is 11.8 Å². The van der Waals surface area contributed by atoms with Gasteiger partial charge in [0.05, 0.1) is 13.2 Å². The molecule has 4 heteroatoms. The first-order valence-electron chi connectivity index (χ1n) is 5.76. The van der Waals surface area contributed by atoms with E-state index in [1.54, 1.807) is 0 Å². The van der Waals surface area contributed by atoms with Gasteiger partial charge >= 0.3 is 0 Å². The summed E-state index contributed by atoms with van der Waals surface area (Å²) in [6, 6.07) is 0. The minimum atomic E-state index is -0.456. The van der Waals surface area contributed by atoms with Crippen molar-refractivity contribution < 1.29 is 14.6 Å². The zero-order chi connectivity index (χ0) is 10.7. The lowest BCUT2D eigenvalue weighted by Gasteiger charge is -2.30. The predicted octanol–water partition coefficient (Wildman–Crippen LogP) is 1.79. The molecule has 0 aromatic rings. The lowest BCUT2D eigenvalue weighted by molar-refractivity contribution is -0.161. The van der Waals surface area contributed by atoms with E-state index in [1.165, 1.54) is 25.0 Å². The quantitative estimate of drug-likeness (QED) is 0.805. The van der Waals surface area contributed by atoms with Crippen LogP contribution in [-0.2, 0) is 9.47 Å². The molecule has 3 unspecified atom stereocenters. The highest BCUT2D eigenvalue weighted by molar-refractivity contribution is 7.99. The summed E-state index contributed by atoms with van der Waals surface area (Å²) >= 11 is 2.03. The summed E-state index contributed by atoms with van der Waals surface area (Å²) in [7, 11) is 0. The molecule has 0 radical (unpaired) electrons. The van der Waals surface area contributed by atoms with E-state index in [4.69, 9.17) is 14.6 Å². The smallest absolute Gasteiger partial charge is 0.167 e. The topological polar surface area (TPSA) is 38.7 Å². The van der Waals surface area contributed by atoms with Crippen LogP contribution in [0.2, 0.25) is 0 Å². The zero-order valence-electron chi connectivity index (χ0n) is 9.28. The third kappa shape index (κ3) is 3.09. The Balaban J connectivity index is 1.82. The molecule has 0 bridgehead atoms. The molecule has 2 fully saturated rings. The van der Waals surface area contributed by atoms with Gasteiger partial charge in [-0.2, -0.15) is 11.8 Å². The van der Waals surface area contributed by atoms with Gasteiger partial charge in [-0.05, 0) is 25.5 Å². The third-order valence-electron chi connectivity index (χ3n) is 3.07. The highest BCUT2D eigenvalue weighted by atomic mass is 32.2. The Labute approximate surface area is 95.5 Å². The number of aliphatic hydroxyl groups excluding tert-OH is 1. The summed E-state index contributed by atoms with van der Waals surface area (Å²) in [6.07, 6.45) is 4.78. The van der Waals surface area contributed by atoms with E-state index in [-0.39, 0.29) is 12.7 Å². The maximum atomic E-state index is 8.99. The number of thioether (sulfide) groups is 1. The number of ether oxygens (including phenoxy) is 2. The summed E-state index contributed by atoms with van der Waals surface area (Å²) in [5.41, 5.74) is 0. The zero-order valence-corrected chi connectivity index (χ0v) is 10.1. The van der Waals surface area contributed by atoms with Crippen molar-refractivity contribution in [3.8, 4) is 0 Å². The standard InChI is InChI=1S/C11H20O3S/c1-11(13-8-9(7-12)14-11)6-10-4-2-3-5-15-10/h9-10,12H,2-8H2,1H3. The molecule has 2 saturated heterocycles. The lowest BCUT2D eigenvalue weighted by Crippen LogP contribution is -2.32. The first-order valence-corrected chi connectivity index (χ1v) is 6.81. The average Bonchev–Trinajstić information content (AvgIpc) is 2.61. The summed E-state index contributed by atoms with van der Waals surface area (Å²) in [4.78, 5) is 0. The number of rotatable bonds is 3. The largest absolute Gasteiger partial charge is 0.394 e. The van der Waals surface area contributed by atoms with Crippen molar-refractivity contribution in [1.82, 2.24) is 0 Å². The van der Waals surface area contributed by atoms with Crippen LogP contribution < -0.4 is 0 Å².